The van der Waals surface area contributed by atoms with Crippen molar-refractivity contribution in [3.63, 3.8) is 0 Å². The molecule has 0 saturated heterocycles. The molecule has 0 saturated carbocycles. The Hall–Kier alpha value is -6.64. The molecule has 0 aliphatic heterocycles. The lowest BCUT2D eigenvalue weighted by atomic mass is 9.81. The third kappa shape index (κ3) is 6.31. The molecule has 4 aliphatic carbocycles. The van der Waals surface area contributed by atoms with Gasteiger partial charge in [-0.1, -0.05) is 148 Å². The summed E-state index contributed by atoms with van der Waals surface area (Å²) in [5.41, 5.74) is 21.0. The summed E-state index contributed by atoms with van der Waals surface area (Å²) in [4.78, 5) is 2.57. The topological polar surface area (TPSA) is 8.17 Å². The summed E-state index contributed by atoms with van der Waals surface area (Å²) in [6, 6.07) is 51.9. The van der Waals surface area contributed by atoms with Gasteiger partial charge in [0.2, 0.25) is 0 Å². The van der Waals surface area contributed by atoms with Gasteiger partial charge in [-0.15, -0.1) is 0 Å². The van der Waals surface area contributed by atoms with Crippen LogP contribution in [0, 0.1) is 11.8 Å². The zero-order valence-corrected chi connectivity index (χ0v) is 35.7. The standard InChI is InChI=1S/C59H52N2/c1-39-35-49(60(46-28-23-43(24-29-46)41-15-7-5-8-16-41)48-32-33-55-52(38-48)50-19-11-13-21-54(50)59(55,3)4)36-40(2)58(39)45-27-34-57-53(37-45)51-20-12-14-22-56(51)61(57)47-30-25-44(26-31-47)42-17-9-6-10-18-42/h6-7,9-23,25-35,37-38,40,43H,5,8,24,36H2,1-4H3. The fraction of sp³-hybridized carbons (Fsp3) is 0.186. The molecule has 61 heavy (non-hydrogen) atoms. The zero-order valence-electron chi connectivity index (χ0n) is 35.7. The molecule has 1 aromatic heterocycles. The van der Waals surface area contributed by atoms with E-state index in [0.29, 0.717) is 11.8 Å². The lowest BCUT2D eigenvalue weighted by Crippen LogP contribution is -2.26. The van der Waals surface area contributed by atoms with Gasteiger partial charge in [-0.25, -0.2) is 0 Å². The first-order valence-electron chi connectivity index (χ1n) is 22.2. The van der Waals surface area contributed by atoms with Crippen LogP contribution in [0.5, 0.6) is 0 Å². The maximum absolute atomic E-state index is 2.57. The number of anilines is 1. The maximum Gasteiger partial charge on any atom is 0.0541 e. The van der Waals surface area contributed by atoms with Gasteiger partial charge in [0.15, 0.2) is 0 Å². The summed E-state index contributed by atoms with van der Waals surface area (Å²) in [5.74, 6) is 0.753. The third-order valence-corrected chi connectivity index (χ3v) is 13.9. The van der Waals surface area contributed by atoms with Crippen LogP contribution in [0.25, 0.3) is 55.3 Å². The first-order valence-corrected chi connectivity index (χ1v) is 22.2. The number of nitrogens with zero attached hydrogens (tertiary/aromatic N) is 2. The van der Waals surface area contributed by atoms with Crippen molar-refractivity contribution in [1.29, 1.82) is 0 Å². The van der Waals surface area contributed by atoms with Crippen LogP contribution in [-0.4, -0.2) is 4.57 Å². The minimum atomic E-state index is -0.0268. The van der Waals surface area contributed by atoms with Crippen molar-refractivity contribution in [1.82, 2.24) is 4.57 Å². The Morgan fingerprint density at radius 2 is 1.38 bits per heavy atom. The van der Waals surface area contributed by atoms with E-state index in [1.54, 1.807) is 0 Å². The Morgan fingerprint density at radius 1 is 0.639 bits per heavy atom. The van der Waals surface area contributed by atoms with Gasteiger partial charge in [-0.05, 0) is 149 Å². The average molecular weight is 789 g/mol. The molecule has 0 amide bonds. The lowest BCUT2D eigenvalue weighted by molar-refractivity contribution is 0.660. The van der Waals surface area contributed by atoms with Crippen LogP contribution in [0.4, 0.5) is 5.69 Å². The summed E-state index contributed by atoms with van der Waals surface area (Å²) < 4.78 is 2.43. The normalized spacial score (nSPS) is 19.1. The number of benzene rings is 6. The molecule has 4 aliphatic rings. The van der Waals surface area contributed by atoms with E-state index in [9.17, 15) is 0 Å². The van der Waals surface area contributed by atoms with Gasteiger partial charge in [0.25, 0.3) is 0 Å². The van der Waals surface area contributed by atoms with E-state index in [0.717, 1.165) is 25.7 Å². The Morgan fingerprint density at radius 3 is 2.16 bits per heavy atom. The van der Waals surface area contributed by atoms with Crippen LogP contribution in [0.2, 0.25) is 0 Å². The minimum Gasteiger partial charge on any atom is -0.315 e. The monoisotopic (exact) mass is 788 g/mol. The van der Waals surface area contributed by atoms with E-state index in [-0.39, 0.29) is 5.41 Å². The maximum atomic E-state index is 2.57. The summed E-state index contributed by atoms with van der Waals surface area (Å²) in [6.45, 7) is 9.50. The third-order valence-electron chi connectivity index (χ3n) is 13.9. The van der Waals surface area contributed by atoms with Gasteiger partial charge in [-0.3, -0.25) is 0 Å². The van der Waals surface area contributed by atoms with Gasteiger partial charge < -0.3 is 9.47 Å². The molecular formula is C59H52N2. The first kappa shape index (κ1) is 37.4. The molecule has 1 heterocycles. The van der Waals surface area contributed by atoms with Crippen molar-refractivity contribution < 1.29 is 0 Å². The number of allylic oxidation sites excluding steroid dienone is 11. The largest absolute Gasteiger partial charge is 0.315 e. The molecule has 11 rings (SSSR count). The Bertz CT molecular complexity index is 3070. The van der Waals surface area contributed by atoms with E-state index >= 15 is 0 Å². The van der Waals surface area contributed by atoms with Crippen LogP contribution in [0.3, 0.4) is 0 Å². The van der Waals surface area contributed by atoms with Crippen molar-refractivity contribution in [2.75, 3.05) is 4.90 Å². The van der Waals surface area contributed by atoms with Gasteiger partial charge in [0.1, 0.15) is 0 Å². The molecule has 0 spiro atoms. The molecule has 2 atom stereocenters. The number of hydrogen-bond donors (Lipinski definition) is 0. The number of fused-ring (bicyclic) bond motifs is 6. The second-order valence-electron chi connectivity index (χ2n) is 18.1. The number of aromatic nitrogens is 1. The lowest BCUT2D eigenvalue weighted by Gasteiger charge is -2.36. The number of para-hydroxylation sites is 1. The van der Waals surface area contributed by atoms with Crippen LogP contribution in [0.1, 0.15) is 70.1 Å². The SMILES string of the molecule is CC1=C(c2ccc3c(c2)c2ccccc2n3-c2ccc(-c3ccccc3)cc2)C(C)CC(N(C2=CCC(C3=CCCC=C3)C=C2)c2ccc3c(c2)-c2ccccc2C3(C)C)=C1. The fourth-order valence-electron chi connectivity index (χ4n) is 11.0. The van der Waals surface area contributed by atoms with Crippen molar-refractivity contribution in [3.05, 3.63) is 221 Å². The van der Waals surface area contributed by atoms with E-state index < -0.39 is 0 Å². The Labute approximate surface area is 360 Å². The zero-order chi connectivity index (χ0) is 41.2. The predicted octanol–water partition coefficient (Wildman–Crippen LogP) is 15.7. The molecule has 298 valence electrons. The van der Waals surface area contributed by atoms with Gasteiger partial charge in [-0.2, -0.15) is 0 Å². The second-order valence-corrected chi connectivity index (χ2v) is 18.1. The molecule has 6 aromatic carbocycles. The molecule has 0 fully saturated rings. The Kier molecular flexibility index (Phi) is 9.08. The van der Waals surface area contributed by atoms with Crippen LogP contribution >= 0.6 is 0 Å². The van der Waals surface area contributed by atoms with Crippen molar-refractivity contribution in [2.45, 2.75) is 58.8 Å². The van der Waals surface area contributed by atoms with Gasteiger partial charge in [0, 0.05) is 44.9 Å². The molecule has 2 nitrogen and oxygen atoms in total. The average Bonchev–Trinajstić information content (AvgIpc) is 3.75. The van der Waals surface area contributed by atoms with E-state index in [2.05, 4.69) is 219 Å². The van der Waals surface area contributed by atoms with E-state index in [4.69, 9.17) is 0 Å². The van der Waals surface area contributed by atoms with E-state index in [1.165, 1.54) is 100 Å². The van der Waals surface area contributed by atoms with Crippen molar-refractivity contribution in [3.8, 4) is 27.9 Å². The molecule has 0 radical (unpaired) electrons. The summed E-state index contributed by atoms with van der Waals surface area (Å²) in [6.07, 6.45) is 21.2. The highest BCUT2D eigenvalue weighted by molar-refractivity contribution is 6.10. The minimum absolute atomic E-state index is 0.0268. The number of rotatable bonds is 7. The highest BCUT2D eigenvalue weighted by Crippen LogP contribution is 2.51. The molecule has 0 bridgehead atoms. The highest BCUT2D eigenvalue weighted by atomic mass is 15.2. The van der Waals surface area contributed by atoms with E-state index in [1.807, 2.05) is 0 Å². The molecular weight excluding hydrogens is 737 g/mol. The molecule has 7 aromatic rings. The number of hydrogen-bond acceptors (Lipinski definition) is 1. The molecule has 2 unspecified atom stereocenters. The molecule has 2 heteroatoms. The smallest absolute Gasteiger partial charge is 0.0541 e. The Balaban J connectivity index is 0.993. The predicted molar refractivity (Wildman–Crippen MR) is 259 cm³/mol. The van der Waals surface area contributed by atoms with Crippen molar-refractivity contribution >= 4 is 33.1 Å². The summed E-state index contributed by atoms with van der Waals surface area (Å²) >= 11 is 0. The van der Waals surface area contributed by atoms with Gasteiger partial charge >= 0.3 is 0 Å². The fourth-order valence-corrected chi connectivity index (χ4v) is 11.0. The second kappa shape index (κ2) is 14.8. The summed E-state index contributed by atoms with van der Waals surface area (Å²) in [7, 11) is 0. The van der Waals surface area contributed by atoms with Gasteiger partial charge in [0.05, 0.1) is 11.0 Å². The highest BCUT2D eigenvalue weighted by Gasteiger charge is 2.36. The first-order chi connectivity index (χ1) is 29.8. The quantitative estimate of drug-likeness (QED) is 0.156. The van der Waals surface area contributed by atoms with Crippen LogP contribution < -0.4 is 4.90 Å². The molecule has 0 N–H and O–H groups in total. The van der Waals surface area contributed by atoms with Crippen LogP contribution in [-0.2, 0) is 5.41 Å². The van der Waals surface area contributed by atoms with Crippen LogP contribution in [0.15, 0.2) is 205 Å². The summed E-state index contributed by atoms with van der Waals surface area (Å²) in [5, 5.41) is 2.58. The van der Waals surface area contributed by atoms with Crippen molar-refractivity contribution in [2.24, 2.45) is 11.8 Å².